The number of methoxy groups -OCH3 is 1. The minimum absolute atomic E-state index is 0.0163. The lowest BCUT2D eigenvalue weighted by molar-refractivity contribution is 0.0438. The Balaban J connectivity index is 1.69. The predicted molar refractivity (Wildman–Crippen MR) is 117 cm³/mol. The lowest BCUT2D eigenvalue weighted by Gasteiger charge is -2.26. The number of halogens is 1. The molecule has 8 nitrogen and oxygen atoms in total. The molecule has 3 N–H and O–H groups in total. The van der Waals surface area contributed by atoms with E-state index in [0.717, 1.165) is 31.7 Å². The van der Waals surface area contributed by atoms with E-state index in [1.54, 1.807) is 16.5 Å². The summed E-state index contributed by atoms with van der Waals surface area (Å²) >= 11 is 0. The third kappa shape index (κ3) is 3.84. The lowest BCUT2D eigenvalue weighted by atomic mass is 9.96. The maximum absolute atomic E-state index is 15.2. The number of aliphatic hydroxyl groups excluding tert-OH is 2. The number of hydrogen-bond acceptors (Lipinski definition) is 6. The minimum Gasteiger partial charge on any atom is -0.492 e. The van der Waals surface area contributed by atoms with E-state index < -0.39 is 23.3 Å². The molecule has 0 saturated heterocycles. The van der Waals surface area contributed by atoms with Crippen LogP contribution < -0.4 is 15.1 Å². The highest BCUT2D eigenvalue weighted by Crippen LogP contribution is 2.49. The van der Waals surface area contributed by atoms with Gasteiger partial charge in [-0.1, -0.05) is 0 Å². The van der Waals surface area contributed by atoms with E-state index >= 15 is 4.39 Å². The molecule has 1 atom stereocenters. The van der Waals surface area contributed by atoms with Crippen LogP contribution in [0.25, 0.3) is 10.9 Å². The third-order valence-electron chi connectivity index (χ3n) is 6.84. The van der Waals surface area contributed by atoms with Crippen LogP contribution in [0.5, 0.6) is 5.75 Å². The van der Waals surface area contributed by atoms with E-state index in [9.17, 15) is 24.9 Å². The molecule has 0 aliphatic heterocycles. The predicted octanol–water partition coefficient (Wildman–Crippen LogP) is 2.53. The van der Waals surface area contributed by atoms with Crippen molar-refractivity contribution in [2.45, 2.75) is 50.7 Å². The van der Waals surface area contributed by atoms with Crippen LogP contribution in [-0.4, -0.2) is 59.3 Å². The van der Waals surface area contributed by atoms with Crippen molar-refractivity contribution in [2.24, 2.45) is 5.41 Å². The Kier molecular flexibility index (Phi) is 5.89. The first-order valence-electron chi connectivity index (χ1n) is 10.9. The molecule has 1 unspecified atom stereocenters. The second-order valence-electron chi connectivity index (χ2n) is 9.05. The Morgan fingerprint density at radius 3 is 2.62 bits per heavy atom. The minimum atomic E-state index is -1.35. The Labute approximate surface area is 184 Å². The number of carboxylic acid groups (broad SMARTS) is 1. The van der Waals surface area contributed by atoms with Gasteiger partial charge in [0.1, 0.15) is 11.3 Å². The summed E-state index contributed by atoms with van der Waals surface area (Å²) in [7, 11) is 3.11. The summed E-state index contributed by atoms with van der Waals surface area (Å²) in [5, 5.41) is 29.2. The van der Waals surface area contributed by atoms with Crippen molar-refractivity contribution in [3.8, 4) is 5.75 Å². The van der Waals surface area contributed by atoms with Gasteiger partial charge in [0.15, 0.2) is 11.6 Å². The maximum Gasteiger partial charge on any atom is 0.341 e. The maximum atomic E-state index is 15.2. The highest BCUT2D eigenvalue weighted by atomic mass is 19.1. The highest BCUT2D eigenvalue weighted by molar-refractivity contribution is 5.97. The molecule has 2 aromatic rings. The number of fused-ring (bicyclic) bond motifs is 1. The second-order valence-corrected chi connectivity index (χ2v) is 9.05. The molecule has 2 fully saturated rings. The number of carboxylic acids is 1. The fourth-order valence-corrected chi connectivity index (χ4v) is 4.48. The van der Waals surface area contributed by atoms with Gasteiger partial charge < -0.3 is 29.5 Å². The molecule has 0 spiro atoms. The number of aliphatic hydroxyl groups is 2. The molecular weight excluding hydrogens is 419 g/mol. The van der Waals surface area contributed by atoms with Crippen LogP contribution in [0.3, 0.4) is 0 Å². The fourth-order valence-electron chi connectivity index (χ4n) is 4.48. The Hall–Kier alpha value is -2.65. The number of anilines is 1. The van der Waals surface area contributed by atoms with E-state index in [1.165, 1.54) is 13.3 Å². The summed E-state index contributed by atoms with van der Waals surface area (Å²) < 4.78 is 22.5. The summed E-state index contributed by atoms with van der Waals surface area (Å²) in [6.45, 7) is 0.395. The molecule has 1 aromatic carbocycles. The molecule has 9 heteroatoms. The van der Waals surface area contributed by atoms with Crippen molar-refractivity contribution in [3.05, 3.63) is 33.9 Å². The average molecular weight is 448 g/mol. The standard InChI is InChI=1S/C23H29FN2O6/c1-25(9-3-4-17(28)23(12-27)7-8-23)19-16(24)10-14-18(21(19)32-2)26(13-5-6-13)11-15(20(14)29)22(30)31/h10-11,13,17,27-28H,3-9,12H2,1-2H3,(H,30,31). The molecule has 32 heavy (non-hydrogen) atoms. The number of hydrogen-bond donors (Lipinski definition) is 3. The second kappa shape index (κ2) is 8.37. The first-order chi connectivity index (χ1) is 15.2. The van der Waals surface area contributed by atoms with Gasteiger partial charge in [0.05, 0.1) is 30.7 Å². The summed E-state index contributed by atoms with van der Waals surface area (Å²) in [5.41, 5.74) is -0.927. The van der Waals surface area contributed by atoms with Crippen LogP contribution in [-0.2, 0) is 0 Å². The number of pyridine rings is 1. The monoisotopic (exact) mass is 448 g/mol. The van der Waals surface area contributed by atoms with Crippen LogP contribution in [0.2, 0.25) is 0 Å². The summed E-state index contributed by atoms with van der Waals surface area (Å²) in [4.78, 5) is 26.0. The zero-order valence-corrected chi connectivity index (χ0v) is 18.3. The van der Waals surface area contributed by atoms with E-state index in [0.29, 0.717) is 24.9 Å². The van der Waals surface area contributed by atoms with Crippen LogP contribution in [0.1, 0.15) is 54.9 Å². The van der Waals surface area contributed by atoms with Crippen molar-refractivity contribution in [3.63, 3.8) is 0 Å². The van der Waals surface area contributed by atoms with Gasteiger partial charge in [-0.25, -0.2) is 9.18 Å². The van der Waals surface area contributed by atoms with Gasteiger partial charge in [-0.15, -0.1) is 0 Å². The first kappa shape index (κ1) is 22.5. The fraction of sp³-hybridized carbons (Fsp3) is 0.565. The van der Waals surface area contributed by atoms with Gasteiger partial charge in [-0.3, -0.25) is 4.79 Å². The lowest BCUT2D eigenvalue weighted by Crippen LogP contribution is -2.28. The van der Waals surface area contributed by atoms with E-state index in [1.807, 2.05) is 0 Å². The normalized spacial score (nSPS) is 17.9. The SMILES string of the molecule is COc1c(N(C)CCCC(O)C2(CO)CC2)c(F)cc2c(=O)c(C(=O)O)cn(C3CC3)c12. The average Bonchev–Trinajstić information content (AvgIpc) is 3.67. The number of aromatic carboxylic acids is 1. The van der Waals surface area contributed by atoms with Crippen LogP contribution >= 0.6 is 0 Å². The topological polar surface area (TPSA) is 112 Å². The quantitative estimate of drug-likeness (QED) is 0.512. The van der Waals surface area contributed by atoms with Crippen LogP contribution in [0, 0.1) is 11.2 Å². The van der Waals surface area contributed by atoms with Gasteiger partial charge >= 0.3 is 5.97 Å². The smallest absolute Gasteiger partial charge is 0.341 e. The molecule has 2 aliphatic rings. The molecule has 2 aliphatic carbocycles. The highest BCUT2D eigenvalue weighted by Gasteiger charge is 2.47. The molecule has 1 heterocycles. The molecule has 4 rings (SSSR count). The van der Waals surface area contributed by atoms with Gasteiger partial charge in [0, 0.05) is 31.2 Å². The number of rotatable bonds is 10. The Morgan fingerprint density at radius 1 is 1.41 bits per heavy atom. The number of benzene rings is 1. The van der Waals surface area contributed by atoms with Crippen LogP contribution in [0.4, 0.5) is 10.1 Å². The van der Waals surface area contributed by atoms with Crippen molar-refractivity contribution in [1.29, 1.82) is 0 Å². The third-order valence-corrected chi connectivity index (χ3v) is 6.84. The summed E-state index contributed by atoms with van der Waals surface area (Å²) in [5.74, 6) is -1.83. The number of nitrogens with zero attached hydrogens (tertiary/aromatic N) is 2. The molecular formula is C23H29FN2O6. The van der Waals surface area contributed by atoms with Crippen LogP contribution in [0.15, 0.2) is 17.1 Å². The Morgan fingerprint density at radius 2 is 2.09 bits per heavy atom. The van der Waals surface area contributed by atoms with Crippen molar-refractivity contribution in [2.75, 3.05) is 32.2 Å². The molecule has 1 aromatic heterocycles. The first-order valence-corrected chi connectivity index (χ1v) is 10.9. The molecule has 0 radical (unpaired) electrons. The van der Waals surface area contributed by atoms with E-state index in [2.05, 4.69) is 0 Å². The number of ether oxygens (including phenoxy) is 1. The van der Waals surface area contributed by atoms with Gasteiger partial charge in [0.25, 0.3) is 0 Å². The van der Waals surface area contributed by atoms with E-state index in [4.69, 9.17) is 4.74 Å². The largest absolute Gasteiger partial charge is 0.492 e. The summed E-state index contributed by atoms with van der Waals surface area (Å²) in [6, 6.07) is 1.13. The number of carbonyl (C=O) groups is 1. The number of aromatic nitrogens is 1. The zero-order valence-electron chi connectivity index (χ0n) is 18.3. The molecule has 0 amide bonds. The van der Waals surface area contributed by atoms with E-state index in [-0.39, 0.29) is 40.5 Å². The van der Waals surface area contributed by atoms with Gasteiger partial charge in [-0.05, 0) is 44.6 Å². The van der Waals surface area contributed by atoms with Crippen molar-refractivity contribution < 1.29 is 29.2 Å². The van der Waals surface area contributed by atoms with Crippen molar-refractivity contribution in [1.82, 2.24) is 4.57 Å². The summed E-state index contributed by atoms with van der Waals surface area (Å²) in [6.07, 6.45) is 5.09. The van der Waals surface area contributed by atoms with Gasteiger partial charge in [-0.2, -0.15) is 0 Å². The zero-order chi connectivity index (χ0) is 23.2. The molecule has 0 bridgehead atoms. The van der Waals surface area contributed by atoms with Crippen molar-refractivity contribution >= 4 is 22.6 Å². The molecule has 174 valence electrons. The Bertz CT molecular complexity index is 1110. The van der Waals surface area contributed by atoms with Gasteiger partial charge in [0.2, 0.25) is 5.43 Å². The molecule has 2 saturated carbocycles.